The molecule has 1 aromatic heterocycles. The summed E-state index contributed by atoms with van der Waals surface area (Å²) >= 11 is 0.130. The molecule has 0 bridgehead atoms. The van der Waals surface area contributed by atoms with Crippen molar-refractivity contribution in [1.82, 2.24) is 9.55 Å². The van der Waals surface area contributed by atoms with E-state index in [1.165, 1.54) is 24.3 Å². The molecular formula is C28H30N4O19P4S-4. The smallest absolute Gasteiger partial charge is 0.412 e. The number of para-hydroxylation sites is 2. The number of H-pyrrole nitrogens is 1. The summed E-state index contributed by atoms with van der Waals surface area (Å²) in [5, 5.41) is 4.21. The highest BCUT2D eigenvalue weighted by Gasteiger charge is 2.51. The van der Waals surface area contributed by atoms with Crippen LogP contribution in [0.25, 0.3) is 0 Å². The Labute approximate surface area is 319 Å². The Kier molecular flexibility index (Phi) is 14.4. The molecule has 1 saturated carbocycles. The predicted octanol–water partition coefficient (Wildman–Crippen LogP) is 2.28. The molecule has 1 saturated heterocycles. The number of nitrogens with one attached hydrogen (secondary N) is 3. The van der Waals surface area contributed by atoms with E-state index in [9.17, 15) is 57.0 Å². The second-order valence-corrected chi connectivity index (χ2v) is 20.3. The number of anilines is 2. The molecule has 5 unspecified atom stereocenters. The number of hydrogen-bond acceptors (Lipinski definition) is 20. The van der Waals surface area contributed by atoms with Gasteiger partial charge in [0.1, 0.15) is 6.10 Å². The highest BCUT2D eigenvalue weighted by Crippen LogP contribution is 2.70. The highest BCUT2D eigenvalue weighted by atomic mass is 32.7. The monoisotopic (exact) mass is 882 g/mol. The molecule has 28 heteroatoms. The molecule has 5 rings (SSSR count). The number of carbonyl (C=O) groups is 2. The summed E-state index contributed by atoms with van der Waals surface area (Å²) in [6, 6.07) is 16.3. The molecule has 23 nitrogen and oxygen atoms in total. The molecule has 1 aliphatic carbocycles. The van der Waals surface area contributed by atoms with Gasteiger partial charge >= 0.3 is 17.9 Å². The number of benzene rings is 2. The van der Waals surface area contributed by atoms with Gasteiger partial charge in [-0.1, -0.05) is 60.6 Å². The van der Waals surface area contributed by atoms with Gasteiger partial charge in [0, 0.05) is 28.9 Å². The number of phosphoric acid groups is 3. The molecule has 56 heavy (non-hydrogen) atoms. The Morgan fingerprint density at radius 1 is 0.768 bits per heavy atom. The number of phosphoric ester groups is 1. The van der Waals surface area contributed by atoms with Gasteiger partial charge in [0.25, 0.3) is 29.0 Å². The zero-order valence-electron chi connectivity index (χ0n) is 28.3. The van der Waals surface area contributed by atoms with E-state index in [0.717, 1.165) is 12.3 Å². The third kappa shape index (κ3) is 13.1. The fourth-order valence-corrected chi connectivity index (χ4v) is 13.4. The van der Waals surface area contributed by atoms with Crippen LogP contribution in [0.3, 0.4) is 0 Å². The van der Waals surface area contributed by atoms with Crippen LogP contribution < -0.4 is 41.5 Å². The van der Waals surface area contributed by atoms with E-state index in [1.54, 1.807) is 36.4 Å². The van der Waals surface area contributed by atoms with Crippen LogP contribution in [0.1, 0.15) is 31.9 Å². The summed E-state index contributed by atoms with van der Waals surface area (Å²) in [6.07, 6.45) is -6.85. The van der Waals surface area contributed by atoms with Crippen molar-refractivity contribution in [2.24, 2.45) is 0 Å². The number of ether oxygens (including phenoxy) is 3. The fourth-order valence-electron chi connectivity index (χ4n) is 5.33. The van der Waals surface area contributed by atoms with Gasteiger partial charge in [-0.25, -0.2) is 23.0 Å². The third-order valence-corrected chi connectivity index (χ3v) is 16.1. The summed E-state index contributed by atoms with van der Waals surface area (Å²) < 4.78 is 82.7. The van der Waals surface area contributed by atoms with Crippen LogP contribution in [-0.4, -0.2) is 51.9 Å². The van der Waals surface area contributed by atoms with Gasteiger partial charge in [-0.3, -0.25) is 47.6 Å². The number of amides is 2. The number of carbonyl (C=O) groups excluding carboxylic acids is 2. The number of rotatable bonds is 16. The topological polar surface area (TPSA) is 338 Å². The van der Waals surface area contributed by atoms with E-state index in [2.05, 4.69) is 28.1 Å². The van der Waals surface area contributed by atoms with Crippen LogP contribution in [0, 0.1) is 0 Å². The van der Waals surface area contributed by atoms with E-state index < -0.39 is 90.1 Å². The van der Waals surface area contributed by atoms with Crippen molar-refractivity contribution in [2.75, 3.05) is 17.2 Å². The molecule has 2 amide bonds. The number of aromatic amines is 1. The van der Waals surface area contributed by atoms with Crippen LogP contribution in [-0.2, 0) is 49.9 Å². The van der Waals surface area contributed by atoms with Gasteiger partial charge in [-0.15, -0.1) is 0 Å². The van der Waals surface area contributed by atoms with Gasteiger partial charge in [-0.05, 0) is 37.1 Å². The summed E-state index contributed by atoms with van der Waals surface area (Å²) in [6.45, 7) is -6.67. The van der Waals surface area contributed by atoms with Crippen LogP contribution in [0.5, 0.6) is 0 Å². The minimum atomic E-state index is -6.54. The van der Waals surface area contributed by atoms with E-state index >= 15 is 0 Å². The lowest BCUT2D eigenvalue weighted by molar-refractivity contribution is -0.251. The maximum Gasteiger partial charge on any atom is 0.412 e. The summed E-state index contributed by atoms with van der Waals surface area (Å²) in [5.41, 5.74) is -1.57. The quantitative estimate of drug-likeness (QED) is 0.174. The summed E-state index contributed by atoms with van der Waals surface area (Å²) in [4.78, 5) is 102. The average Bonchev–Trinajstić information content (AvgIpc) is 3.70. The Morgan fingerprint density at radius 3 is 1.84 bits per heavy atom. The Morgan fingerprint density at radius 2 is 1.29 bits per heavy atom. The van der Waals surface area contributed by atoms with Crippen molar-refractivity contribution in [3.05, 3.63) is 93.8 Å². The second-order valence-electron chi connectivity index (χ2n) is 11.6. The van der Waals surface area contributed by atoms with E-state index in [1.807, 2.05) is 4.98 Å². The molecule has 0 radical (unpaired) electrons. The third-order valence-electron chi connectivity index (χ3n) is 7.51. The Hall–Kier alpha value is -3.43. The van der Waals surface area contributed by atoms with E-state index in [-0.39, 0.29) is 22.8 Å². The van der Waals surface area contributed by atoms with Crippen LogP contribution in [0.4, 0.5) is 21.0 Å². The first-order chi connectivity index (χ1) is 26.3. The maximum absolute atomic E-state index is 13.1. The molecule has 1 aliphatic heterocycles. The molecular weight excluding hydrogens is 852 g/mol. The zero-order chi connectivity index (χ0) is 40.7. The highest BCUT2D eigenvalue weighted by molar-refractivity contribution is 8.55. The standard InChI is InChI=1S/C28H34N4O19P4S/c33-22-15-16-32(26(34)31-22)25-24(48-28(36)30-19-11-5-2-6-12-19)23(47-27(35)29-18-9-3-1-4-10-18)21(46-25)17-45-52(37,38)49-53(39,40)50-54(41,42)51-55(43,44)56-20-13-7-8-14-20/h1-6,9-12,15-16,20-21,23-25H,7-8,13-14,17H2,(H,29,35)(H,30,36)(H,37,38)(H,39,40)(H,41,42)(H,43,44)(H,31,33,34)/p-4/t21-,23+,24?,25-/m1/s1. The molecule has 2 aliphatic rings. The number of aromatic nitrogens is 2. The second kappa shape index (κ2) is 18.4. The van der Waals surface area contributed by atoms with Gasteiger partial charge in [0.15, 0.2) is 25.2 Å². The molecule has 2 heterocycles. The van der Waals surface area contributed by atoms with E-state index in [0.29, 0.717) is 30.3 Å². The first-order valence-electron chi connectivity index (χ1n) is 16.0. The molecule has 2 aromatic carbocycles. The van der Waals surface area contributed by atoms with Crippen LogP contribution >= 0.6 is 41.6 Å². The normalized spacial score (nSPS) is 24.1. The largest absolute Gasteiger partial charge is 0.770 e. The van der Waals surface area contributed by atoms with Gasteiger partial charge in [0.05, 0.1) is 6.61 Å². The molecule has 3 N–H and O–H groups in total. The maximum atomic E-state index is 13.1. The lowest BCUT2D eigenvalue weighted by atomic mass is 10.1. The number of nitrogens with zero attached hydrogens (tertiary/aromatic N) is 1. The lowest BCUT2D eigenvalue weighted by Crippen LogP contribution is -2.44. The number of hydrogen-bond donors (Lipinski definition) is 3. The zero-order valence-corrected chi connectivity index (χ0v) is 32.6. The Balaban J connectivity index is 1.36. The fraction of sp³-hybridized carbons (Fsp3) is 0.357. The van der Waals surface area contributed by atoms with Gasteiger partial charge < -0.3 is 38.3 Å². The average molecular weight is 883 g/mol. The molecule has 3 aromatic rings. The van der Waals surface area contributed by atoms with Gasteiger partial charge in [0.2, 0.25) is 0 Å². The first-order valence-corrected chi connectivity index (χ1v) is 23.4. The van der Waals surface area contributed by atoms with E-state index in [4.69, 9.17) is 14.2 Å². The summed E-state index contributed by atoms with van der Waals surface area (Å²) in [5.74, 6) is 0. The van der Waals surface area contributed by atoms with Crippen molar-refractivity contribution in [3.63, 3.8) is 0 Å². The summed E-state index contributed by atoms with van der Waals surface area (Å²) in [7, 11) is -19.1. The van der Waals surface area contributed by atoms with Crippen molar-refractivity contribution in [1.29, 1.82) is 0 Å². The molecule has 306 valence electrons. The van der Waals surface area contributed by atoms with Crippen molar-refractivity contribution >= 4 is 65.2 Å². The van der Waals surface area contributed by atoms with Crippen LogP contribution in [0.2, 0.25) is 0 Å². The van der Waals surface area contributed by atoms with Crippen LogP contribution in [0.15, 0.2) is 82.5 Å². The molecule has 2 fully saturated rings. The molecule has 8 atom stereocenters. The predicted molar refractivity (Wildman–Crippen MR) is 185 cm³/mol. The van der Waals surface area contributed by atoms with Crippen molar-refractivity contribution < 1.29 is 79.1 Å². The van der Waals surface area contributed by atoms with Crippen molar-refractivity contribution in [2.45, 2.75) is 55.5 Å². The van der Waals surface area contributed by atoms with Gasteiger partial charge in [-0.2, -0.15) is 0 Å². The minimum Gasteiger partial charge on any atom is -0.770 e. The lowest BCUT2D eigenvalue weighted by Gasteiger charge is -2.37. The molecule has 0 spiro atoms. The minimum absolute atomic E-state index is 0.130. The Bertz CT molecular complexity index is 2170. The SMILES string of the molecule is O=C(Nc1ccccc1)OC1[C@@H](OC(=O)Nc2ccccc2)[C@@H](COP(=O)([O-])OP(=O)([O-])OP(=O)([O-])OP(=O)([O-])SC2CCCC2)O[C@H]1n1ccc(=O)[nH]c1=O. The van der Waals surface area contributed by atoms with Crippen molar-refractivity contribution in [3.8, 4) is 0 Å². The first kappa shape index (κ1) is 43.7.